The standard InChI is InChI=1S/C19H23N5O2/c1-2-20-19(25)22-14-5-3-13(4-6-14)18-21-10-9-17(23-18)24-11-15-7-8-16(12-24)26-15/h3-6,9-10,15-16H,2,7-8,11-12H2,1H3,(H2,20,22,25). The number of carbonyl (C=O) groups excluding carboxylic acids is 1. The number of ether oxygens (including phenoxy) is 1. The fourth-order valence-corrected chi connectivity index (χ4v) is 3.50. The van der Waals surface area contributed by atoms with Crippen molar-refractivity contribution >= 4 is 17.5 Å². The number of urea groups is 1. The van der Waals surface area contributed by atoms with Crippen LogP contribution in [0.15, 0.2) is 36.5 Å². The van der Waals surface area contributed by atoms with Crippen LogP contribution in [-0.4, -0.2) is 47.8 Å². The number of benzene rings is 1. The topological polar surface area (TPSA) is 79.4 Å². The first-order valence-corrected chi connectivity index (χ1v) is 9.10. The van der Waals surface area contributed by atoms with Gasteiger partial charge in [-0.25, -0.2) is 14.8 Å². The van der Waals surface area contributed by atoms with E-state index in [-0.39, 0.29) is 6.03 Å². The summed E-state index contributed by atoms with van der Waals surface area (Å²) in [6, 6.07) is 9.30. The highest BCUT2D eigenvalue weighted by Gasteiger charge is 2.34. The molecule has 2 aromatic rings. The summed E-state index contributed by atoms with van der Waals surface area (Å²) in [5.41, 5.74) is 1.66. The summed E-state index contributed by atoms with van der Waals surface area (Å²) >= 11 is 0. The molecule has 2 atom stereocenters. The largest absolute Gasteiger partial charge is 0.371 e. The SMILES string of the molecule is CCNC(=O)Nc1ccc(-c2nccc(N3CC4CCC(C3)O4)n2)cc1. The van der Waals surface area contributed by atoms with Gasteiger partial charge in [-0.3, -0.25) is 0 Å². The zero-order valence-corrected chi connectivity index (χ0v) is 14.8. The van der Waals surface area contributed by atoms with Gasteiger partial charge in [0, 0.05) is 37.1 Å². The minimum absolute atomic E-state index is 0.208. The van der Waals surface area contributed by atoms with E-state index in [1.807, 2.05) is 37.3 Å². The molecule has 2 saturated heterocycles. The second-order valence-electron chi connectivity index (χ2n) is 6.66. The number of anilines is 2. The Morgan fingerprint density at radius 3 is 2.62 bits per heavy atom. The summed E-state index contributed by atoms with van der Waals surface area (Å²) in [7, 11) is 0. The van der Waals surface area contributed by atoms with Gasteiger partial charge in [0.15, 0.2) is 5.82 Å². The first kappa shape index (κ1) is 16.8. The minimum atomic E-state index is -0.208. The molecule has 4 rings (SSSR count). The van der Waals surface area contributed by atoms with Gasteiger partial charge in [0.2, 0.25) is 0 Å². The van der Waals surface area contributed by atoms with Crippen molar-refractivity contribution in [2.24, 2.45) is 0 Å². The van der Waals surface area contributed by atoms with Crippen molar-refractivity contribution < 1.29 is 9.53 Å². The van der Waals surface area contributed by atoms with Gasteiger partial charge in [-0.1, -0.05) is 0 Å². The molecule has 2 amide bonds. The maximum atomic E-state index is 11.6. The van der Waals surface area contributed by atoms with Crippen molar-refractivity contribution in [2.45, 2.75) is 32.0 Å². The zero-order chi connectivity index (χ0) is 17.9. The minimum Gasteiger partial charge on any atom is -0.371 e. The van der Waals surface area contributed by atoms with E-state index in [1.165, 1.54) is 0 Å². The lowest BCUT2D eigenvalue weighted by Gasteiger charge is -2.33. The average molecular weight is 353 g/mol. The van der Waals surface area contributed by atoms with Crippen LogP contribution in [0.3, 0.4) is 0 Å². The first-order valence-electron chi connectivity index (χ1n) is 9.10. The quantitative estimate of drug-likeness (QED) is 0.883. The van der Waals surface area contributed by atoms with Crippen LogP contribution in [-0.2, 0) is 4.74 Å². The molecule has 1 aromatic heterocycles. The molecule has 2 aliphatic rings. The van der Waals surface area contributed by atoms with Crippen LogP contribution in [0.1, 0.15) is 19.8 Å². The molecule has 3 heterocycles. The van der Waals surface area contributed by atoms with Gasteiger partial charge in [0.05, 0.1) is 12.2 Å². The third-order valence-corrected chi connectivity index (χ3v) is 4.75. The number of nitrogens with zero attached hydrogens (tertiary/aromatic N) is 3. The molecule has 2 N–H and O–H groups in total. The Hall–Kier alpha value is -2.67. The maximum Gasteiger partial charge on any atom is 0.319 e. The lowest BCUT2D eigenvalue weighted by Crippen LogP contribution is -2.43. The lowest BCUT2D eigenvalue weighted by atomic mass is 10.2. The molecular weight excluding hydrogens is 330 g/mol. The molecule has 0 radical (unpaired) electrons. The third kappa shape index (κ3) is 3.62. The van der Waals surface area contributed by atoms with Crippen molar-refractivity contribution in [1.82, 2.24) is 15.3 Å². The molecule has 7 nitrogen and oxygen atoms in total. The molecule has 2 unspecified atom stereocenters. The Balaban J connectivity index is 1.48. The number of morpholine rings is 1. The Labute approximate surface area is 152 Å². The predicted molar refractivity (Wildman–Crippen MR) is 100 cm³/mol. The van der Waals surface area contributed by atoms with E-state index >= 15 is 0 Å². The van der Waals surface area contributed by atoms with Crippen LogP contribution >= 0.6 is 0 Å². The monoisotopic (exact) mass is 353 g/mol. The van der Waals surface area contributed by atoms with Gasteiger partial charge in [0.25, 0.3) is 0 Å². The number of aromatic nitrogens is 2. The van der Waals surface area contributed by atoms with Gasteiger partial charge in [-0.2, -0.15) is 0 Å². The van der Waals surface area contributed by atoms with E-state index in [9.17, 15) is 4.79 Å². The molecule has 0 spiro atoms. The van der Waals surface area contributed by atoms with E-state index in [4.69, 9.17) is 9.72 Å². The van der Waals surface area contributed by atoms with Gasteiger partial charge >= 0.3 is 6.03 Å². The summed E-state index contributed by atoms with van der Waals surface area (Å²) in [5.74, 6) is 1.63. The number of fused-ring (bicyclic) bond motifs is 2. The van der Waals surface area contributed by atoms with Gasteiger partial charge < -0.3 is 20.3 Å². The number of amides is 2. The van der Waals surface area contributed by atoms with E-state index in [0.717, 1.165) is 43.0 Å². The first-order chi connectivity index (χ1) is 12.7. The normalized spacial score (nSPS) is 21.5. The third-order valence-electron chi connectivity index (χ3n) is 4.75. The van der Waals surface area contributed by atoms with Crippen LogP contribution < -0.4 is 15.5 Å². The fraction of sp³-hybridized carbons (Fsp3) is 0.421. The summed E-state index contributed by atoms with van der Waals surface area (Å²) in [4.78, 5) is 23.0. The number of hydrogen-bond donors (Lipinski definition) is 2. The van der Waals surface area contributed by atoms with Crippen LogP contribution in [0.2, 0.25) is 0 Å². The number of rotatable bonds is 4. The summed E-state index contributed by atoms with van der Waals surface area (Å²) in [6.45, 7) is 4.26. The number of hydrogen-bond acceptors (Lipinski definition) is 5. The smallest absolute Gasteiger partial charge is 0.319 e. The molecule has 0 aliphatic carbocycles. The highest BCUT2D eigenvalue weighted by Crippen LogP contribution is 2.29. The van der Waals surface area contributed by atoms with Crippen LogP contribution in [0.25, 0.3) is 11.4 Å². The molecule has 1 aromatic carbocycles. The molecule has 2 bridgehead atoms. The Morgan fingerprint density at radius 1 is 1.19 bits per heavy atom. The van der Waals surface area contributed by atoms with Crippen LogP contribution in [0, 0.1) is 0 Å². The second kappa shape index (κ2) is 7.29. The number of nitrogens with one attached hydrogen (secondary N) is 2. The van der Waals surface area contributed by atoms with Crippen LogP contribution in [0.5, 0.6) is 0 Å². The van der Waals surface area contributed by atoms with Crippen molar-refractivity contribution in [2.75, 3.05) is 29.9 Å². The van der Waals surface area contributed by atoms with Crippen molar-refractivity contribution in [3.63, 3.8) is 0 Å². The molecule has 26 heavy (non-hydrogen) atoms. The van der Waals surface area contributed by atoms with Crippen molar-refractivity contribution in [1.29, 1.82) is 0 Å². The fourth-order valence-electron chi connectivity index (χ4n) is 3.50. The van der Waals surface area contributed by atoms with Crippen molar-refractivity contribution in [3.8, 4) is 11.4 Å². The molecule has 2 aliphatic heterocycles. The Kier molecular flexibility index (Phi) is 4.71. The molecular formula is C19H23N5O2. The summed E-state index contributed by atoms with van der Waals surface area (Å²) < 4.78 is 5.90. The van der Waals surface area contributed by atoms with Gasteiger partial charge in [-0.15, -0.1) is 0 Å². The maximum absolute atomic E-state index is 11.6. The summed E-state index contributed by atoms with van der Waals surface area (Å²) in [6.07, 6.45) is 4.73. The van der Waals surface area contributed by atoms with E-state index in [2.05, 4.69) is 20.5 Å². The average Bonchev–Trinajstić information content (AvgIpc) is 3.00. The van der Waals surface area contributed by atoms with Crippen LogP contribution in [0.4, 0.5) is 16.3 Å². The Bertz CT molecular complexity index is 768. The molecule has 2 fully saturated rings. The van der Waals surface area contributed by atoms with Gasteiger partial charge in [-0.05, 0) is 50.1 Å². The number of carbonyl (C=O) groups is 1. The van der Waals surface area contributed by atoms with E-state index in [1.54, 1.807) is 6.20 Å². The van der Waals surface area contributed by atoms with E-state index in [0.29, 0.717) is 24.6 Å². The predicted octanol–water partition coefficient (Wildman–Crippen LogP) is 2.65. The molecule has 0 saturated carbocycles. The Morgan fingerprint density at radius 2 is 1.92 bits per heavy atom. The molecule has 7 heteroatoms. The van der Waals surface area contributed by atoms with E-state index < -0.39 is 0 Å². The van der Waals surface area contributed by atoms with Crippen molar-refractivity contribution in [3.05, 3.63) is 36.5 Å². The highest BCUT2D eigenvalue weighted by molar-refractivity contribution is 5.89. The lowest BCUT2D eigenvalue weighted by molar-refractivity contribution is 0.0302. The zero-order valence-electron chi connectivity index (χ0n) is 14.8. The van der Waals surface area contributed by atoms with Gasteiger partial charge in [0.1, 0.15) is 5.82 Å². The second-order valence-corrected chi connectivity index (χ2v) is 6.66. The molecule has 136 valence electrons. The summed E-state index contributed by atoms with van der Waals surface area (Å²) in [5, 5.41) is 5.49. The highest BCUT2D eigenvalue weighted by atomic mass is 16.5.